The topological polar surface area (TPSA) is 40.1 Å². The molecule has 68 valence electrons. The van der Waals surface area contributed by atoms with E-state index in [4.69, 9.17) is 0 Å². The van der Waals surface area contributed by atoms with Gasteiger partial charge in [0.1, 0.15) is 5.75 Å². The summed E-state index contributed by atoms with van der Waals surface area (Å²) in [6.45, 7) is 0. The van der Waals surface area contributed by atoms with E-state index in [2.05, 4.69) is 0 Å². The number of hydrogen-bond acceptors (Lipinski definition) is 2. The van der Waals surface area contributed by atoms with E-state index in [0.29, 0.717) is 0 Å². The van der Waals surface area contributed by atoms with Crippen molar-refractivity contribution in [2.75, 3.05) is 5.75 Å². The number of carboxylic acid groups (broad SMARTS) is 1. The zero-order chi connectivity index (χ0) is 9.26. The molecule has 13 heavy (non-hydrogen) atoms. The van der Waals surface area contributed by atoms with Gasteiger partial charge in [0.15, 0.2) is 4.90 Å². The highest BCUT2D eigenvalue weighted by Gasteiger charge is 2.30. The van der Waals surface area contributed by atoms with Crippen molar-refractivity contribution in [1.82, 2.24) is 0 Å². The van der Waals surface area contributed by atoms with Crippen molar-refractivity contribution in [3.8, 4) is 0 Å². The molecule has 0 fully saturated rings. The molecule has 0 radical (unpaired) electrons. The van der Waals surface area contributed by atoms with Crippen molar-refractivity contribution in [1.29, 1.82) is 0 Å². The summed E-state index contributed by atoms with van der Waals surface area (Å²) in [6, 6.07) is 7.78. The molecule has 0 amide bonds. The number of aryl methyl sites for hydroxylation is 1. The number of hydrogen-bond donors (Lipinski definition) is 0. The summed E-state index contributed by atoms with van der Waals surface area (Å²) in [4.78, 5) is 11.8. The Morgan fingerprint density at radius 1 is 1.38 bits per heavy atom. The number of benzene rings is 1. The van der Waals surface area contributed by atoms with E-state index in [1.54, 1.807) is 0 Å². The molecule has 0 saturated heterocycles. The lowest BCUT2D eigenvalue weighted by atomic mass is 10.1. The summed E-state index contributed by atoms with van der Waals surface area (Å²) < 4.78 is 0. The second-order valence-corrected chi connectivity index (χ2v) is 5.02. The minimum atomic E-state index is -0.910. The second kappa shape index (κ2) is 3.42. The van der Waals surface area contributed by atoms with Crippen LogP contribution in [0.15, 0.2) is 29.2 Å². The predicted molar refractivity (Wildman–Crippen MR) is 50.7 cm³/mol. The van der Waals surface area contributed by atoms with Gasteiger partial charge in [-0.05, 0) is 18.9 Å². The van der Waals surface area contributed by atoms with Gasteiger partial charge in [0.2, 0.25) is 0 Å². The highest BCUT2D eigenvalue weighted by molar-refractivity contribution is 8.10. The van der Waals surface area contributed by atoms with Crippen molar-refractivity contribution < 1.29 is 9.90 Å². The standard InChI is InChI=1S/C10H10O2S/c11-10(12)13-7-3-5-8-4-1-2-6-9(8)13/h1-2,4,6H,3,5,7H2. The minimum Gasteiger partial charge on any atom is -0.504 e. The molecule has 0 bridgehead atoms. The molecule has 0 spiro atoms. The van der Waals surface area contributed by atoms with Gasteiger partial charge in [0, 0.05) is 5.56 Å². The van der Waals surface area contributed by atoms with Crippen LogP contribution in [0.25, 0.3) is 0 Å². The number of fused-ring (bicyclic) bond motifs is 1. The van der Waals surface area contributed by atoms with Crippen LogP contribution in [0, 0.1) is 0 Å². The van der Waals surface area contributed by atoms with Gasteiger partial charge in [-0.3, -0.25) is 0 Å². The molecule has 1 unspecified atom stereocenters. The molecule has 1 aliphatic rings. The average molecular weight is 194 g/mol. The van der Waals surface area contributed by atoms with Crippen LogP contribution in [0.5, 0.6) is 0 Å². The van der Waals surface area contributed by atoms with E-state index in [0.717, 1.165) is 23.5 Å². The van der Waals surface area contributed by atoms with Crippen molar-refractivity contribution >= 4 is 16.2 Å². The molecule has 0 aromatic heterocycles. The van der Waals surface area contributed by atoms with Crippen LogP contribution in [0.2, 0.25) is 0 Å². The third kappa shape index (κ3) is 1.56. The summed E-state index contributed by atoms with van der Waals surface area (Å²) in [6.07, 6.45) is 1.97. The molecular weight excluding hydrogens is 184 g/mol. The third-order valence-electron chi connectivity index (χ3n) is 2.23. The zero-order valence-corrected chi connectivity index (χ0v) is 7.97. The van der Waals surface area contributed by atoms with E-state index in [-0.39, 0.29) is 0 Å². The Balaban J connectivity index is 2.42. The Hall–Kier alpha value is -0.960. The first kappa shape index (κ1) is 8.63. The van der Waals surface area contributed by atoms with Gasteiger partial charge < -0.3 is 9.90 Å². The Kier molecular flexibility index (Phi) is 2.27. The maximum atomic E-state index is 10.8. The number of carbonyl (C=O) groups is 1. The van der Waals surface area contributed by atoms with Crippen LogP contribution >= 0.6 is 0 Å². The molecule has 1 aromatic carbocycles. The largest absolute Gasteiger partial charge is 0.504 e. The molecule has 0 aliphatic carbocycles. The van der Waals surface area contributed by atoms with Crippen molar-refractivity contribution in [2.45, 2.75) is 17.7 Å². The molecular formula is C10H10O2S. The summed E-state index contributed by atoms with van der Waals surface area (Å²) >= 11 is 0. The van der Waals surface area contributed by atoms with Crippen LogP contribution in [-0.2, 0) is 17.3 Å². The van der Waals surface area contributed by atoms with Crippen molar-refractivity contribution in [2.24, 2.45) is 0 Å². The van der Waals surface area contributed by atoms with E-state index in [9.17, 15) is 9.90 Å². The van der Waals surface area contributed by atoms with E-state index in [1.165, 1.54) is 5.56 Å². The summed E-state index contributed by atoms with van der Waals surface area (Å²) in [5, 5.41) is 9.91. The van der Waals surface area contributed by atoms with Crippen LogP contribution in [0.3, 0.4) is 0 Å². The molecule has 1 aromatic rings. The second-order valence-electron chi connectivity index (χ2n) is 3.06. The molecule has 2 rings (SSSR count). The van der Waals surface area contributed by atoms with E-state index >= 15 is 0 Å². The van der Waals surface area contributed by atoms with Gasteiger partial charge in [-0.2, -0.15) is 0 Å². The molecule has 1 heterocycles. The molecule has 2 nitrogen and oxygen atoms in total. The number of rotatable bonds is 0. The van der Waals surface area contributed by atoms with Gasteiger partial charge in [-0.15, -0.1) is 0 Å². The highest BCUT2D eigenvalue weighted by Crippen LogP contribution is 2.26. The number of carbonyl (C=O) groups excluding carboxylic acids is 1. The fourth-order valence-electron chi connectivity index (χ4n) is 1.64. The summed E-state index contributed by atoms with van der Waals surface area (Å²) in [5.41, 5.74) is 1.18. The zero-order valence-electron chi connectivity index (χ0n) is 7.16. The van der Waals surface area contributed by atoms with Gasteiger partial charge in [0.25, 0.3) is 5.30 Å². The maximum Gasteiger partial charge on any atom is 0.279 e. The first-order valence-corrected chi connectivity index (χ1v) is 5.68. The smallest absolute Gasteiger partial charge is 0.279 e. The van der Waals surface area contributed by atoms with Crippen molar-refractivity contribution in [3.63, 3.8) is 0 Å². The van der Waals surface area contributed by atoms with Crippen LogP contribution in [-0.4, -0.2) is 11.1 Å². The fraction of sp³-hybridized carbons (Fsp3) is 0.300. The Morgan fingerprint density at radius 2 is 2.15 bits per heavy atom. The average Bonchev–Trinajstić information content (AvgIpc) is 2.17. The third-order valence-corrected chi connectivity index (χ3v) is 4.26. The first-order chi connectivity index (χ1) is 6.29. The quantitative estimate of drug-likeness (QED) is 0.577. The van der Waals surface area contributed by atoms with E-state index < -0.39 is 16.2 Å². The lowest BCUT2D eigenvalue weighted by Crippen LogP contribution is -2.34. The lowest BCUT2D eigenvalue weighted by Gasteiger charge is -2.16. The Morgan fingerprint density at radius 3 is 2.92 bits per heavy atom. The SMILES string of the molecule is O=C([O-])[S+]1CCCc2ccccc21. The summed E-state index contributed by atoms with van der Waals surface area (Å²) in [7, 11) is -0.666. The normalized spacial score (nSPS) is 20.8. The van der Waals surface area contributed by atoms with Gasteiger partial charge >= 0.3 is 0 Å². The maximum absolute atomic E-state index is 10.8. The van der Waals surface area contributed by atoms with Crippen molar-refractivity contribution in [3.05, 3.63) is 29.8 Å². The fourth-order valence-corrected chi connectivity index (χ4v) is 3.37. The van der Waals surface area contributed by atoms with Crippen LogP contribution in [0.1, 0.15) is 12.0 Å². The molecule has 0 N–H and O–H groups in total. The van der Waals surface area contributed by atoms with Crippen LogP contribution in [0.4, 0.5) is 4.79 Å². The molecule has 3 heteroatoms. The lowest BCUT2D eigenvalue weighted by molar-refractivity contribution is -0.233. The molecule has 1 atom stereocenters. The van der Waals surface area contributed by atoms with Crippen LogP contribution < -0.4 is 5.11 Å². The Bertz CT molecular complexity index is 335. The van der Waals surface area contributed by atoms with Gasteiger partial charge in [0.05, 0.1) is 10.9 Å². The van der Waals surface area contributed by atoms with Gasteiger partial charge in [-0.1, -0.05) is 18.2 Å². The Labute approximate surface area is 79.9 Å². The molecule has 0 saturated carbocycles. The minimum absolute atomic E-state index is 0.666. The molecule has 1 aliphatic heterocycles. The van der Waals surface area contributed by atoms with E-state index in [1.807, 2.05) is 24.3 Å². The summed E-state index contributed by atoms with van der Waals surface area (Å²) in [5.74, 6) is 0.749. The first-order valence-electron chi connectivity index (χ1n) is 4.29. The predicted octanol–water partition coefficient (Wildman–Crippen LogP) is 0.953. The monoisotopic (exact) mass is 194 g/mol. The highest BCUT2D eigenvalue weighted by atomic mass is 32.2. The van der Waals surface area contributed by atoms with Gasteiger partial charge in [-0.25, -0.2) is 0 Å².